The normalized spacial score (nSPS) is 15.8. The Morgan fingerprint density at radius 1 is 0.889 bits per heavy atom. The van der Waals surface area contributed by atoms with E-state index in [4.69, 9.17) is 0 Å². The molecular formula is C19H20N4O2S2. The predicted octanol–water partition coefficient (Wildman–Crippen LogP) is 2.86. The van der Waals surface area contributed by atoms with E-state index in [2.05, 4.69) is 15.1 Å². The summed E-state index contributed by atoms with van der Waals surface area (Å²) >= 11 is 1.63. The van der Waals surface area contributed by atoms with Crippen LogP contribution in [0, 0.1) is 0 Å². The Balaban J connectivity index is 1.38. The minimum Gasteiger partial charge on any atom is -0.352 e. The summed E-state index contributed by atoms with van der Waals surface area (Å²) in [5.41, 5.74) is 1.67. The number of rotatable bonds is 5. The first-order valence-corrected chi connectivity index (χ1v) is 11.2. The highest BCUT2D eigenvalue weighted by molar-refractivity contribution is 7.88. The van der Waals surface area contributed by atoms with Gasteiger partial charge < -0.3 is 4.90 Å². The van der Waals surface area contributed by atoms with Crippen LogP contribution < -0.4 is 4.90 Å². The summed E-state index contributed by atoms with van der Waals surface area (Å²) in [6.45, 7) is 2.15. The lowest BCUT2D eigenvalue weighted by atomic mass is 10.2. The molecule has 0 aliphatic carbocycles. The van der Waals surface area contributed by atoms with E-state index in [0.717, 1.165) is 22.0 Å². The molecule has 2 aromatic heterocycles. The summed E-state index contributed by atoms with van der Waals surface area (Å²) in [6, 6.07) is 17.2. The second kappa shape index (κ2) is 7.75. The number of sulfonamides is 1. The quantitative estimate of drug-likeness (QED) is 0.659. The zero-order chi connectivity index (χ0) is 18.7. The van der Waals surface area contributed by atoms with Crippen LogP contribution in [0.2, 0.25) is 0 Å². The minimum absolute atomic E-state index is 0.0448. The van der Waals surface area contributed by atoms with Crippen molar-refractivity contribution in [1.29, 1.82) is 0 Å². The highest BCUT2D eigenvalue weighted by Gasteiger charge is 2.27. The number of anilines is 1. The Morgan fingerprint density at radius 3 is 2.30 bits per heavy atom. The van der Waals surface area contributed by atoms with Gasteiger partial charge in [-0.2, -0.15) is 4.31 Å². The van der Waals surface area contributed by atoms with E-state index in [-0.39, 0.29) is 5.75 Å². The van der Waals surface area contributed by atoms with Crippen LogP contribution in [0.15, 0.2) is 60.0 Å². The average Bonchev–Trinajstić information content (AvgIpc) is 3.24. The molecule has 0 radical (unpaired) electrons. The van der Waals surface area contributed by atoms with Crippen molar-refractivity contribution in [1.82, 2.24) is 14.5 Å². The van der Waals surface area contributed by atoms with E-state index in [0.29, 0.717) is 26.2 Å². The molecule has 0 spiro atoms. The molecule has 1 aliphatic rings. The lowest BCUT2D eigenvalue weighted by Crippen LogP contribution is -2.49. The molecule has 8 heteroatoms. The van der Waals surface area contributed by atoms with Crippen molar-refractivity contribution >= 4 is 27.2 Å². The Hall–Kier alpha value is -2.29. The van der Waals surface area contributed by atoms with Gasteiger partial charge >= 0.3 is 0 Å². The molecule has 1 saturated heterocycles. The van der Waals surface area contributed by atoms with Crippen LogP contribution in [0.3, 0.4) is 0 Å². The van der Waals surface area contributed by atoms with Gasteiger partial charge in [-0.25, -0.2) is 8.42 Å². The van der Waals surface area contributed by atoms with E-state index < -0.39 is 10.0 Å². The van der Waals surface area contributed by atoms with E-state index in [1.54, 1.807) is 15.6 Å². The number of nitrogens with zero attached hydrogens (tertiary/aromatic N) is 4. The molecule has 0 bridgehead atoms. The average molecular weight is 401 g/mol. The number of thiophene rings is 1. The van der Waals surface area contributed by atoms with Crippen LogP contribution in [0.1, 0.15) is 5.56 Å². The first kappa shape index (κ1) is 18.1. The van der Waals surface area contributed by atoms with E-state index in [1.807, 2.05) is 60.0 Å². The zero-order valence-corrected chi connectivity index (χ0v) is 16.4. The molecule has 0 unspecified atom stereocenters. The smallest absolute Gasteiger partial charge is 0.218 e. The Labute approximate surface area is 163 Å². The Morgan fingerprint density at radius 2 is 1.67 bits per heavy atom. The fourth-order valence-corrected chi connectivity index (χ4v) is 5.33. The second-order valence-electron chi connectivity index (χ2n) is 6.38. The standard InChI is InChI=1S/C19H20N4O2S2/c24-27(25,15-16-5-2-1-3-6-16)23-12-10-22(11-13-23)19-9-8-17(20-21-19)18-7-4-14-26-18/h1-9,14H,10-13,15H2. The van der Waals surface area contributed by atoms with Gasteiger partial charge in [0.15, 0.2) is 5.82 Å². The van der Waals surface area contributed by atoms with Crippen LogP contribution in [0.5, 0.6) is 0 Å². The topological polar surface area (TPSA) is 66.4 Å². The Kier molecular flexibility index (Phi) is 5.20. The molecule has 1 aliphatic heterocycles. The fourth-order valence-electron chi connectivity index (χ4n) is 3.12. The van der Waals surface area contributed by atoms with Gasteiger partial charge in [-0.05, 0) is 29.1 Å². The lowest BCUT2D eigenvalue weighted by Gasteiger charge is -2.34. The van der Waals surface area contributed by atoms with Gasteiger partial charge in [0.1, 0.15) is 5.69 Å². The van der Waals surface area contributed by atoms with Crippen molar-refractivity contribution in [2.24, 2.45) is 0 Å². The zero-order valence-electron chi connectivity index (χ0n) is 14.7. The lowest BCUT2D eigenvalue weighted by molar-refractivity contribution is 0.383. The monoisotopic (exact) mass is 400 g/mol. The summed E-state index contributed by atoms with van der Waals surface area (Å²) in [5.74, 6) is 0.832. The highest BCUT2D eigenvalue weighted by atomic mass is 32.2. The summed E-state index contributed by atoms with van der Waals surface area (Å²) in [4.78, 5) is 3.17. The first-order chi connectivity index (χ1) is 13.1. The predicted molar refractivity (Wildman–Crippen MR) is 108 cm³/mol. The molecule has 6 nitrogen and oxygen atoms in total. The molecule has 1 fully saturated rings. The minimum atomic E-state index is -3.31. The SMILES string of the molecule is O=S(=O)(Cc1ccccc1)N1CCN(c2ccc(-c3cccs3)nn2)CC1. The van der Waals surface area contributed by atoms with Gasteiger partial charge in [-0.1, -0.05) is 36.4 Å². The third-order valence-electron chi connectivity index (χ3n) is 4.57. The molecule has 0 saturated carbocycles. The van der Waals surface area contributed by atoms with Crippen molar-refractivity contribution in [2.75, 3.05) is 31.1 Å². The summed E-state index contributed by atoms with van der Waals surface area (Å²) in [5, 5.41) is 10.6. The van der Waals surface area contributed by atoms with Crippen LogP contribution in [0.25, 0.3) is 10.6 Å². The van der Waals surface area contributed by atoms with Crippen molar-refractivity contribution < 1.29 is 8.42 Å². The third kappa shape index (κ3) is 4.18. The van der Waals surface area contributed by atoms with Crippen molar-refractivity contribution in [3.8, 4) is 10.6 Å². The number of hydrogen-bond acceptors (Lipinski definition) is 6. The molecule has 0 amide bonds. The summed E-state index contributed by atoms with van der Waals surface area (Å²) in [6.07, 6.45) is 0. The highest BCUT2D eigenvalue weighted by Crippen LogP contribution is 2.24. The van der Waals surface area contributed by atoms with Crippen molar-refractivity contribution in [3.05, 3.63) is 65.5 Å². The van der Waals surface area contributed by atoms with E-state index in [9.17, 15) is 8.42 Å². The van der Waals surface area contributed by atoms with Gasteiger partial charge in [0.05, 0.1) is 10.6 Å². The maximum Gasteiger partial charge on any atom is 0.218 e. The molecule has 1 aromatic carbocycles. The van der Waals surface area contributed by atoms with Crippen molar-refractivity contribution in [2.45, 2.75) is 5.75 Å². The molecule has 27 heavy (non-hydrogen) atoms. The van der Waals surface area contributed by atoms with Crippen LogP contribution in [0.4, 0.5) is 5.82 Å². The summed E-state index contributed by atoms with van der Waals surface area (Å²) < 4.78 is 26.9. The van der Waals surface area contributed by atoms with E-state index in [1.165, 1.54) is 0 Å². The van der Waals surface area contributed by atoms with Crippen molar-refractivity contribution in [3.63, 3.8) is 0 Å². The van der Waals surface area contributed by atoms with Gasteiger partial charge in [0, 0.05) is 26.2 Å². The number of aromatic nitrogens is 2. The molecule has 140 valence electrons. The summed E-state index contributed by atoms with van der Waals surface area (Å²) in [7, 11) is -3.31. The van der Waals surface area contributed by atoms with Gasteiger partial charge in [-0.15, -0.1) is 21.5 Å². The number of benzene rings is 1. The molecule has 4 rings (SSSR count). The Bertz CT molecular complexity index is 966. The number of hydrogen-bond donors (Lipinski definition) is 0. The van der Waals surface area contributed by atoms with Gasteiger partial charge in [-0.3, -0.25) is 0 Å². The molecule has 0 N–H and O–H groups in total. The molecule has 3 aromatic rings. The third-order valence-corrected chi connectivity index (χ3v) is 7.31. The molecule has 0 atom stereocenters. The molecular weight excluding hydrogens is 380 g/mol. The fraction of sp³-hybridized carbons (Fsp3) is 0.263. The molecule has 3 heterocycles. The second-order valence-corrected chi connectivity index (χ2v) is 9.30. The van der Waals surface area contributed by atoms with Crippen LogP contribution in [-0.4, -0.2) is 49.1 Å². The van der Waals surface area contributed by atoms with Gasteiger partial charge in [0.25, 0.3) is 0 Å². The van der Waals surface area contributed by atoms with E-state index >= 15 is 0 Å². The largest absolute Gasteiger partial charge is 0.352 e. The van der Waals surface area contributed by atoms with Crippen LogP contribution >= 0.6 is 11.3 Å². The number of piperazine rings is 1. The van der Waals surface area contributed by atoms with Gasteiger partial charge in [0.2, 0.25) is 10.0 Å². The maximum atomic E-state index is 12.7. The van der Waals surface area contributed by atoms with Crippen LogP contribution in [-0.2, 0) is 15.8 Å². The first-order valence-electron chi connectivity index (χ1n) is 8.76. The maximum absolute atomic E-state index is 12.7.